The molecule has 1 heterocycles. The van der Waals surface area contributed by atoms with E-state index in [1.54, 1.807) is 0 Å². The summed E-state index contributed by atoms with van der Waals surface area (Å²) in [6.45, 7) is 0. The summed E-state index contributed by atoms with van der Waals surface area (Å²) in [6, 6.07) is 1.89. The van der Waals surface area contributed by atoms with E-state index in [2.05, 4.69) is 25.9 Å². The number of rotatable bonds is 3. The summed E-state index contributed by atoms with van der Waals surface area (Å²) in [7, 11) is 0. The largest absolute Gasteiger partial charge is 0.474 e. The van der Waals surface area contributed by atoms with Crippen LogP contribution >= 0.6 is 15.9 Å². The maximum Gasteiger partial charge on any atom is 0.218 e. The number of halogens is 1. The highest BCUT2D eigenvalue weighted by Crippen LogP contribution is 2.39. The Bertz CT molecular complexity index is 400. The Morgan fingerprint density at radius 2 is 1.82 bits per heavy atom. The highest BCUT2D eigenvalue weighted by Gasteiger charge is 2.27. The molecule has 0 aromatic carbocycles. The molecule has 92 valence electrons. The average molecular weight is 297 g/mol. The van der Waals surface area contributed by atoms with Gasteiger partial charge < -0.3 is 4.74 Å². The van der Waals surface area contributed by atoms with E-state index in [-0.39, 0.29) is 0 Å². The van der Waals surface area contributed by atoms with Crippen LogP contribution in [0.25, 0.3) is 0 Å². The van der Waals surface area contributed by atoms with Crippen molar-refractivity contribution in [2.75, 3.05) is 0 Å². The second-order valence-corrected chi connectivity index (χ2v) is 5.85. The quantitative estimate of drug-likeness (QED) is 0.795. The van der Waals surface area contributed by atoms with Crippen LogP contribution in [-0.2, 0) is 0 Å². The molecule has 0 unspecified atom stereocenters. The van der Waals surface area contributed by atoms with E-state index in [1.807, 2.05) is 6.07 Å². The zero-order valence-corrected chi connectivity index (χ0v) is 11.4. The van der Waals surface area contributed by atoms with Gasteiger partial charge in [0.25, 0.3) is 0 Å². The Morgan fingerprint density at radius 1 is 1.06 bits per heavy atom. The van der Waals surface area contributed by atoms with Crippen LogP contribution < -0.4 is 4.74 Å². The molecule has 2 aliphatic rings. The summed E-state index contributed by atoms with van der Waals surface area (Å²) in [5.41, 5.74) is 0. The predicted molar refractivity (Wildman–Crippen MR) is 69.2 cm³/mol. The van der Waals surface area contributed by atoms with Gasteiger partial charge in [-0.15, -0.1) is 0 Å². The van der Waals surface area contributed by atoms with Crippen molar-refractivity contribution in [2.24, 2.45) is 0 Å². The molecule has 1 aromatic rings. The number of aromatic nitrogens is 2. The van der Waals surface area contributed by atoms with Crippen LogP contribution in [0.1, 0.15) is 56.7 Å². The molecule has 2 fully saturated rings. The van der Waals surface area contributed by atoms with Crippen LogP contribution in [0.2, 0.25) is 0 Å². The van der Waals surface area contributed by atoms with Gasteiger partial charge in [-0.1, -0.05) is 6.42 Å². The van der Waals surface area contributed by atoms with Crippen molar-refractivity contribution < 1.29 is 4.74 Å². The van der Waals surface area contributed by atoms with Gasteiger partial charge in [0.1, 0.15) is 16.5 Å². The summed E-state index contributed by atoms with van der Waals surface area (Å²) < 4.78 is 6.82. The SMILES string of the molecule is Brc1cc(OC2CCCCC2)nc(C2CC2)n1. The van der Waals surface area contributed by atoms with Crippen LogP contribution in [0.3, 0.4) is 0 Å². The van der Waals surface area contributed by atoms with E-state index in [4.69, 9.17) is 4.74 Å². The lowest BCUT2D eigenvalue weighted by molar-refractivity contribution is 0.148. The molecule has 0 N–H and O–H groups in total. The normalized spacial score (nSPS) is 21.5. The van der Waals surface area contributed by atoms with Crippen LogP contribution in [0.4, 0.5) is 0 Å². The minimum atomic E-state index is 0.359. The first-order valence-corrected chi connectivity index (χ1v) is 7.32. The molecule has 3 rings (SSSR count). The third kappa shape index (κ3) is 2.97. The van der Waals surface area contributed by atoms with E-state index >= 15 is 0 Å². The molecule has 0 radical (unpaired) electrons. The molecule has 0 aliphatic heterocycles. The minimum Gasteiger partial charge on any atom is -0.474 e. The van der Waals surface area contributed by atoms with Crippen molar-refractivity contribution in [3.63, 3.8) is 0 Å². The summed E-state index contributed by atoms with van der Waals surface area (Å²) in [5, 5.41) is 0. The van der Waals surface area contributed by atoms with Crippen molar-refractivity contribution >= 4 is 15.9 Å². The molecule has 4 heteroatoms. The third-order valence-corrected chi connectivity index (χ3v) is 3.88. The molecule has 0 amide bonds. The van der Waals surface area contributed by atoms with Crippen LogP contribution in [0, 0.1) is 0 Å². The van der Waals surface area contributed by atoms with Crippen molar-refractivity contribution in [2.45, 2.75) is 57.0 Å². The van der Waals surface area contributed by atoms with E-state index in [0.717, 1.165) is 16.3 Å². The summed E-state index contributed by atoms with van der Waals surface area (Å²) in [4.78, 5) is 8.94. The molecule has 0 atom stereocenters. The first-order chi connectivity index (χ1) is 8.31. The Balaban J connectivity index is 1.72. The molecule has 0 spiro atoms. The second-order valence-electron chi connectivity index (χ2n) is 5.04. The Hall–Kier alpha value is -0.640. The number of hydrogen-bond donors (Lipinski definition) is 0. The molecule has 2 aliphatic carbocycles. The Kier molecular flexibility index (Phi) is 3.32. The molecule has 3 nitrogen and oxygen atoms in total. The fraction of sp³-hybridized carbons (Fsp3) is 0.692. The van der Waals surface area contributed by atoms with Gasteiger partial charge >= 0.3 is 0 Å². The predicted octanol–water partition coefficient (Wildman–Crippen LogP) is 3.83. The number of ether oxygens (including phenoxy) is 1. The van der Waals surface area contributed by atoms with Gasteiger partial charge in [-0.25, -0.2) is 4.98 Å². The van der Waals surface area contributed by atoms with Gasteiger partial charge in [-0.3, -0.25) is 0 Å². The van der Waals surface area contributed by atoms with Gasteiger partial charge in [0.05, 0.1) is 0 Å². The van der Waals surface area contributed by atoms with Gasteiger partial charge in [-0.05, 0) is 54.5 Å². The van der Waals surface area contributed by atoms with Gasteiger partial charge in [0.15, 0.2) is 0 Å². The zero-order valence-electron chi connectivity index (χ0n) is 9.86. The lowest BCUT2D eigenvalue weighted by atomic mass is 9.98. The van der Waals surface area contributed by atoms with Gasteiger partial charge in [0.2, 0.25) is 5.88 Å². The standard InChI is InChI=1S/C13H17BrN2O/c14-11-8-12(16-13(15-11)9-6-7-9)17-10-4-2-1-3-5-10/h8-10H,1-7H2. The maximum absolute atomic E-state index is 5.97. The van der Waals surface area contributed by atoms with Crippen molar-refractivity contribution in [1.29, 1.82) is 0 Å². The lowest BCUT2D eigenvalue weighted by Crippen LogP contribution is -2.20. The summed E-state index contributed by atoms with van der Waals surface area (Å²) >= 11 is 3.44. The van der Waals surface area contributed by atoms with Gasteiger partial charge in [0, 0.05) is 12.0 Å². The molecule has 17 heavy (non-hydrogen) atoms. The van der Waals surface area contributed by atoms with Crippen molar-refractivity contribution in [1.82, 2.24) is 9.97 Å². The maximum atomic E-state index is 5.97. The molecular formula is C13H17BrN2O. The zero-order chi connectivity index (χ0) is 11.7. The van der Waals surface area contributed by atoms with Crippen LogP contribution in [0.5, 0.6) is 5.88 Å². The fourth-order valence-corrected chi connectivity index (χ4v) is 2.73. The molecule has 0 bridgehead atoms. The smallest absolute Gasteiger partial charge is 0.218 e. The van der Waals surface area contributed by atoms with Crippen molar-refractivity contribution in [3.05, 3.63) is 16.5 Å². The van der Waals surface area contributed by atoms with Crippen LogP contribution in [-0.4, -0.2) is 16.1 Å². The Morgan fingerprint density at radius 3 is 2.53 bits per heavy atom. The average Bonchev–Trinajstić information content (AvgIpc) is 3.13. The third-order valence-electron chi connectivity index (χ3n) is 3.47. The van der Waals surface area contributed by atoms with Crippen molar-refractivity contribution in [3.8, 4) is 5.88 Å². The second kappa shape index (κ2) is 4.92. The Labute approximate surface area is 110 Å². The number of hydrogen-bond acceptors (Lipinski definition) is 3. The molecule has 1 aromatic heterocycles. The summed E-state index contributed by atoms with van der Waals surface area (Å²) in [6.07, 6.45) is 9.05. The highest BCUT2D eigenvalue weighted by atomic mass is 79.9. The molecular weight excluding hydrogens is 280 g/mol. The topological polar surface area (TPSA) is 35.0 Å². The first kappa shape index (κ1) is 11.5. The first-order valence-electron chi connectivity index (χ1n) is 6.52. The lowest BCUT2D eigenvalue weighted by Gasteiger charge is -2.22. The summed E-state index contributed by atoms with van der Waals surface area (Å²) in [5.74, 6) is 2.27. The fourth-order valence-electron chi connectivity index (χ4n) is 2.35. The molecule has 2 saturated carbocycles. The van der Waals surface area contributed by atoms with Gasteiger partial charge in [-0.2, -0.15) is 4.98 Å². The highest BCUT2D eigenvalue weighted by molar-refractivity contribution is 9.10. The van der Waals surface area contributed by atoms with E-state index in [0.29, 0.717) is 12.0 Å². The van der Waals surface area contributed by atoms with E-state index < -0.39 is 0 Å². The minimum absolute atomic E-state index is 0.359. The number of nitrogens with zero attached hydrogens (tertiary/aromatic N) is 2. The monoisotopic (exact) mass is 296 g/mol. The van der Waals surface area contributed by atoms with E-state index in [9.17, 15) is 0 Å². The molecule has 0 saturated heterocycles. The van der Waals surface area contributed by atoms with E-state index in [1.165, 1.54) is 44.9 Å². The van der Waals surface area contributed by atoms with Crippen LogP contribution in [0.15, 0.2) is 10.7 Å².